The molecule has 38 heavy (non-hydrogen) atoms. The van der Waals surface area contributed by atoms with Crippen molar-refractivity contribution in [1.82, 2.24) is 15.3 Å². The van der Waals surface area contributed by atoms with Crippen LogP contribution in [0.2, 0.25) is 5.02 Å². The van der Waals surface area contributed by atoms with Gasteiger partial charge in [0.1, 0.15) is 11.6 Å². The molecule has 6 nitrogen and oxygen atoms in total. The molecule has 1 aliphatic heterocycles. The van der Waals surface area contributed by atoms with Gasteiger partial charge in [0.15, 0.2) is 5.11 Å². The Morgan fingerprint density at radius 1 is 1.05 bits per heavy atom. The number of thiocarbonyl (C=S) groups is 1. The first kappa shape index (κ1) is 26.7. The van der Waals surface area contributed by atoms with E-state index in [-0.39, 0.29) is 5.41 Å². The van der Waals surface area contributed by atoms with Crippen molar-refractivity contribution in [1.29, 1.82) is 0 Å². The second kappa shape index (κ2) is 12.3. The number of piperidine rings is 1. The highest BCUT2D eigenvalue weighted by molar-refractivity contribution is 7.80. The van der Waals surface area contributed by atoms with Gasteiger partial charge < -0.3 is 20.3 Å². The van der Waals surface area contributed by atoms with Crippen LogP contribution in [-0.2, 0) is 5.41 Å². The van der Waals surface area contributed by atoms with Gasteiger partial charge in [-0.3, -0.25) is 0 Å². The summed E-state index contributed by atoms with van der Waals surface area (Å²) in [7, 11) is 0. The molecule has 3 aromatic rings. The monoisotopic (exact) mass is 549 g/mol. The largest absolute Gasteiger partial charge is 0.439 e. The van der Waals surface area contributed by atoms with Crippen LogP contribution in [0.4, 0.5) is 11.8 Å². The van der Waals surface area contributed by atoms with Gasteiger partial charge in [-0.05, 0) is 73.6 Å². The molecule has 0 amide bonds. The molecule has 1 unspecified atom stereocenters. The number of halogens is 1. The molecule has 8 heteroatoms. The van der Waals surface area contributed by atoms with E-state index in [4.69, 9.17) is 33.5 Å². The first-order valence-electron chi connectivity index (χ1n) is 13.7. The Morgan fingerprint density at radius 2 is 1.87 bits per heavy atom. The zero-order valence-corrected chi connectivity index (χ0v) is 23.5. The first-order valence-corrected chi connectivity index (χ1v) is 14.5. The molecule has 1 saturated heterocycles. The van der Waals surface area contributed by atoms with Crippen molar-refractivity contribution < 1.29 is 4.74 Å². The van der Waals surface area contributed by atoms with Crippen molar-refractivity contribution in [3.05, 3.63) is 71.2 Å². The Hall–Kier alpha value is -2.90. The molecule has 0 bridgehead atoms. The molecule has 1 aliphatic carbocycles. The van der Waals surface area contributed by atoms with Crippen LogP contribution in [0.15, 0.2) is 60.7 Å². The minimum atomic E-state index is 0.00309. The molecule has 200 valence electrons. The zero-order valence-electron chi connectivity index (χ0n) is 22.0. The van der Waals surface area contributed by atoms with Gasteiger partial charge in [-0.1, -0.05) is 68.1 Å². The first-order chi connectivity index (χ1) is 18.5. The second-order valence-corrected chi connectivity index (χ2v) is 11.5. The van der Waals surface area contributed by atoms with Gasteiger partial charge in [-0.15, -0.1) is 0 Å². The lowest BCUT2D eigenvalue weighted by Crippen LogP contribution is -2.43. The van der Waals surface area contributed by atoms with Gasteiger partial charge in [0.25, 0.3) is 0 Å². The van der Waals surface area contributed by atoms with Gasteiger partial charge in [0, 0.05) is 36.1 Å². The van der Waals surface area contributed by atoms with E-state index in [1.165, 1.54) is 31.2 Å². The lowest BCUT2D eigenvalue weighted by Gasteiger charge is -2.38. The molecule has 1 saturated carbocycles. The minimum Gasteiger partial charge on any atom is -0.439 e. The van der Waals surface area contributed by atoms with Crippen LogP contribution in [0.5, 0.6) is 11.6 Å². The summed E-state index contributed by atoms with van der Waals surface area (Å²) in [6, 6.07) is 19.9. The van der Waals surface area contributed by atoms with Crippen molar-refractivity contribution in [3.8, 4) is 11.6 Å². The molecule has 2 aliphatic rings. The van der Waals surface area contributed by atoms with E-state index in [2.05, 4.69) is 39.6 Å². The fourth-order valence-electron chi connectivity index (χ4n) is 5.70. The highest BCUT2D eigenvalue weighted by Gasteiger charge is 2.34. The summed E-state index contributed by atoms with van der Waals surface area (Å²) in [6.07, 6.45) is 8.28. The number of nitrogens with zero attached hydrogens (tertiary/aromatic N) is 3. The summed E-state index contributed by atoms with van der Waals surface area (Å²) >= 11 is 12.1. The van der Waals surface area contributed by atoms with E-state index >= 15 is 0 Å². The molecule has 2 aromatic carbocycles. The van der Waals surface area contributed by atoms with Crippen molar-refractivity contribution in [2.45, 2.75) is 57.3 Å². The average molecular weight is 550 g/mol. The molecular formula is C30H36ClN5OS. The van der Waals surface area contributed by atoms with Gasteiger partial charge >= 0.3 is 0 Å². The minimum absolute atomic E-state index is 0.00309. The lowest BCUT2D eigenvalue weighted by molar-refractivity contribution is 0.292. The molecule has 5 rings (SSSR count). The van der Waals surface area contributed by atoms with Crippen LogP contribution in [0.3, 0.4) is 0 Å². The Morgan fingerprint density at radius 3 is 2.63 bits per heavy atom. The van der Waals surface area contributed by atoms with E-state index in [0.717, 1.165) is 55.5 Å². The third-order valence-corrected chi connectivity index (χ3v) is 8.18. The highest BCUT2D eigenvalue weighted by Crippen LogP contribution is 2.40. The number of ether oxygens (including phenoxy) is 1. The molecular weight excluding hydrogens is 514 g/mol. The lowest BCUT2D eigenvalue weighted by atomic mass is 9.69. The number of benzene rings is 2. The van der Waals surface area contributed by atoms with E-state index < -0.39 is 0 Å². The molecule has 1 atom stereocenters. The quantitative estimate of drug-likeness (QED) is 0.299. The van der Waals surface area contributed by atoms with Crippen molar-refractivity contribution >= 4 is 40.7 Å². The fraction of sp³-hybridized carbons (Fsp3) is 0.433. The number of anilines is 2. The van der Waals surface area contributed by atoms with E-state index in [1.54, 1.807) is 0 Å². The van der Waals surface area contributed by atoms with Crippen molar-refractivity contribution in [3.63, 3.8) is 0 Å². The number of rotatable bonds is 7. The Kier molecular flexibility index (Phi) is 8.65. The summed E-state index contributed by atoms with van der Waals surface area (Å²) in [6.45, 7) is 4.95. The molecule has 2 N–H and O–H groups in total. The second-order valence-electron chi connectivity index (χ2n) is 10.7. The number of hydrogen-bond donors (Lipinski definition) is 2. The summed E-state index contributed by atoms with van der Waals surface area (Å²) in [5.41, 5.74) is 1.28. The molecule has 0 radical (unpaired) electrons. The number of aromatic nitrogens is 2. The Labute approximate surface area is 236 Å². The molecule has 0 spiro atoms. The van der Waals surface area contributed by atoms with Crippen LogP contribution < -0.4 is 20.3 Å². The Bertz CT molecular complexity index is 1230. The normalized spacial score (nSPS) is 19.0. The third-order valence-electron chi connectivity index (χ3n) is 7.70. The standard InChI is InChI=1S/C30H36ClN5OS/c1-22-10-9-17-36(20-22)26-19-27(37-25-13-4-2-5-14-25)34-28(33-26)35-29(38)32-21-30(15-6-3-7-16-30)23-11-8-12-24(31)18-23/h2,4-5,8,11-14,18-19,22H,3,6-7,9-10,15-17,20-21H2,1H3,(H2,32,33,34,35,38). The third kappa shape index (κ3) is 6.75. The highest BCUT2D eigenvalue weighted by atomic mass is 35.5. The SMILES string of the molecule is CC1CCCN(c2cc(Oc3ccccc3)nc(NC(=S)NCC3(c4cccc(Cl)c4)CCCCC3)n2)C1. The Balaban J connectivity index is 1.33. The number of nitrogens with one attached hydrogen (secondary N) is 2. The predicted octanol–water partition coefficient (Wildman–Crippen LogP) is 7.35. The van der Waals surface area contributed by atoms with Gasteiger partial charge in [0.2, 0.25) is 11.8 Å². The average Bonchev–Trinajstić information content (AvgIpc) is 2.93. The molecule has 1 aromatic heterocycles. The maximum atomic E-state index is 6.37. The van der Waals surface area contributed by atoms with Crippen molar-refractivity contribution in [2.24, 2.45) is 5.92 Å². The van der Waals surface area contributed by atoms with E-state index in [0.29, 0.717) is 22.9 Å². The van der Waals surface area contributed by atoms with Gasteiger partial charge in [-0.25, -0.2) is 0 Å². The van der Waals surface area contributed by atoms with Crippen LogP contribution >= 0.6 is 23.8 Å². The predicted molar refractivity (Wildman–Crippen MR) is 160 cm³/mol. The van der Waals surface area contributed by atoms with E-state index in [1.807, 2.05) is 48.5 Å². The molecule has 2 fully saturated rings. The van der Waals surface area contributed by atoms with Crippen LogP contribution in [0.25, 0.3) is 0 Å². The van der Waals surface area contributed by atoms with Gasteiger partial charge in [0.05, 0.1) is 0 Å². The summed E-state index contributed by atoms with van der Waals surface area (Å²) in [5.74, 6) is 3.13. The zero-order chi connectivity index (χ0) is 26.4. The van der Waals surface area contributed by atoms with Crippen molar-refractivity contribution in [2.75, 3.05) is 29.9 Å². The maximum Gasteiger partial charge on any atom is 0.234 e. The van der Waals surface area contributed by atoms with Gasteiger partial charge in [-0.2, -0.15) is 9.97 Å². The van der Waals surface area contributed by atoms with E-state index in [9.17, 15) is 0 Å². The smallest absolute Gasteiger partial charge is 0.234 e. The summed E-state index contributed by atoms with van der Waals surface area (Å²) < 4.78 is 6.11. The van der Waals surface area contributed by atoms with Crippen LogP contribution in [-0.4, -0.2) is 34.7 Å². The topological polar surface area (TPSA) is 62.3 Å². The van der Waals surface area contributed by atoms with Crippen LogP contribution in [0, 0.1) is 5.92 Å². The summed E-state index contributed by atoms with van der Waals surface area (Å²) in [4.78, 5) is 11.8. The summed E-state index contributed by atoms with van der Waals surface area (Å²) in [5, 5.41) is 8.00. The number of hydrogen-bond acceptors (Lipinski definition) is 5. The molecule has 2 heterocycles. The fourth-order valence-corrected chi connectivity index (χ4v) is 6.05. The van der Waals surface area contributed by atoms with Crippen LogP contribution in [0.1, 0.15) is 57.4 Å². The number of para-hydroxylation sites is 1. The maximum absolute atomic E-state index is 6.37.